The van der Waals surface area contributed by atoms with Crippen LogP contribution in [0.15, 0.2) is 53.0 Å². The van der Waals surface area contributed by atoms with Crippen LogP contribution in [-0.2, 0) is 11.2 Å². The molecule has 0 aliphatic rings. The molecule has 2 aromatic carbocycles. The molecule has 4 heteroatoms. The molecule has 0 atom stereocenters. The van der Waals surface area contributed by atoms with Gasteiger partial charge in [-0.2, -0.15) is 0 Å². The number of benzene rings is 2. The normalized spacial score (nSPS) is 10.4. The second kappa shape index (κ2) is 7.26. The quantitative estimate of drug-likeness (QED) is 0.586. The Hall–Kier alpha value is -1.39. The average molecular weight is 325 g/mol. The molecule has 0 amide bonds. The lowest BCUT2D eigenvalue weighted by Gasteiger charge is -2.07. The van der Waals surface area contributed by atoms with E-state index in [1.54, 1.807) is 12.1 Å². The first-order chi connectivity index (χ1) is 9.24. The van der Waals surface area contributed by atoms with Gasteiger partial charge in [-0.25, -0.2) is 4.39 Å². The summed E-state index contributed by atoms with van der Waals surface area (Å²) in [6.45, 7) is 0.747. The number of ether oxygens (including phenoxy) is 2. The molecule has 0 radical (unpaired) electrons. The molecule has 2 nitrogen and oxygen atoms in total. The van der Waals surface area contributed by atoms with Crippen LogP contribution in [-0.4, -0.2) is 13.4 Å². The van der Waals surface area contributed by atoms with Crippen LogP contribution in [0, 0.1) is 5.82 Å². The SMILES string of the molecule is Fc1ccc(CCOCOc2cccc(Br)c2)cc1. The predicted molar refractivity (Wildman–Crippen MR) is 75.7 cm³/mol. The van der Waals surface area contributed by atoms with E-state index in [-0.39, 0.29) is 12.6 Å². The van der Waals surface area contributed by atoms with Crippen LogP contribution in [0.3, 0.4) is 0 Å². The summed E-state index contributed by atoms with van der Waals surface area (Å²) in [5, 5.41) is 0. The third-order valence-corrected chi connectivity index (χ3v) is 3.05. The first-order valence-electron chi connectivity index (χ1n) is 5.94. The zero-order valence-electron chi connectivity index (χ0n) is 10.3. The Bertz CT molecular complexity index is 514. The highest BCUT2D eigenvalue weighted by molar-refractivity contribution is 9.10. The van der Waals surface area contributed by atoms with E-state index in [9.17, 15) is 4.39 Å². The van der Waals surface area contributed by atoms with Crippen LogP contribution in [0.5, 0.6) is 5.75 Å². The molecule has 0 heterocycles. The minimum absolute atomic E-state index is 0.206. The van der Waals surface area contributed by atoms with Crippen molar-refractivity contribution in [2.75, 3.05) is 13.4 Å². The van der Waals surface area contributed by atoms with Crippen molar-refractivity contribution in [1.82, 2.24) is 0 Å². The minimum atomic E-state index is -0.220. The largest absolute Gasteiger partial charge is 0.468 e. The maximum Gasteiger partial charge on any atom is 0.189 e. The van der Waals surface area contributed by atoms with Gasteiger partial charge >= 0.3 is 0 Å². The Morgan fingerprint density at radius 2 is 1.84 bits per heavy atom. The average Bonchev–Trinajstić information content (AvgIpc) is 2.41. The first-order valence-corrected chi connectivity index (χ1v) is 6.74. The van der Waals surface area contributed by atoms with Crippen LogP contribution >= 0.6 is 15.9 Å². The zero-order chi connectivity index (χ0) is 13.5. The Morgan fingerprint density at radius 3 is 2.58 bits per heavy atom. The fourth-order valence-corrected chi connectivity index (χ4v) is 1.94. The van der Waals surface area contributed by atoms with Gasteiger partial charge in [-0.3, -0.25) is 0 Å². The molecule has 0 saturated heterocycles. The standard InChI is InChI=1S/C15H14BrFO2/c16-13-2-1-3-15(10-13)19-11-18-9-8-12-4-6-14(17)7-5-12/h1-7,10H,8-9,11H2. The maximum absolute atomic E-state index is 12.7. The van der Waals surface area contributed by atoms with E-state index in [1.807, 2.05) is 24.3 Å². The highest BCUT2D eigenvalue weighted by atomic mass is 79.9. The van der Waals surface area contributed by atoms with Gasteiger partial charge < -0.3 is 9.47 Å². The predicted octanol–water partition coefficient (Wildman–Crippen LogP) is 4.18. The van der Waals surface area contributed by atoms with Crippen LogP contribution in [0.2, 0.25) is 0 Å². The summed E-state index contributed by atoms with van der Waals surface area (Å²) in [5.41, 5.74) is 1.05. The Morgan fingerprint density at radius 1 is 1.05 bits per heavy atom. The fourth-order valence-electron chi connectivity index (χ4n) is 1.57. The fraction of sp³-hybridized carbons (Fsp3) is 0.200. The van der Waals surface area contributed by atoms with Crippen molar-refractivity contribution in [2.24, 2.45) is 0 Å². The summed E-state index contributed by atoms with van der Waals surface area (Å²) < 4.78 is 24.5. The minimum Gasteiger partial charge on any atom is -0.468 e. The van der Waals surface area contributed by atoms with Gasteiger partial charge in [-0.05, 0) is 42.3 Å². The highest BCUT2D eigenvalue weighted by Crippen LogP contribution is 2.17. The van der Waals surface area contributed by atoms with E-state index in [0.717, 1.165) is 22.2 Å². The molecule has 2 aromatic rings. The van der Waals surface area contributed by atoms with Crippen molar-refractivity contribution in [3.8, 4) is 5.75 Å². The van der Waals surface area contributed by atoms with Gasteiger partial charge in [0.05, 0.1) is 6.61 Å². The van der Waals surface area contributed by atoms with Crippen LogP contribution in [0.25, 0.3) is 0 Å². The second-order valence-electron chi connectivity index (χ2n) is 4.00. The second-order valence-corrected chi connectivity index (χ2v) is 4.92. The van der Waals surface area contributed by atoms with Gasteiger partial charge in [0.1, 0.15) is 11.6 Å². The molecule has 19 heavy (non-hydrogen) atoms. The molecule has 0 aliphatic carbocycles. The smallest absolute Gasteiger partial charge is 0.189 e. The van der Waals surface area contributed by atoms with Crippen molar-refractivity contribution in [1.29, 1.82) is 0 Å². The Labute approximate surface area is 120 Å². The molecule has 0 N–H and O–H groups in total. The molecular weight excluding hydrogens is 311 g/mol. The van der Waals surface area contributed by atoms with Crippen LogP contribution in [0.4, 0.5) is 4.39 Å². The third-order valence-electron chi connectivity index (χ3n) is 2.55. The van der Waals surface area contributed by atoms with Gasteiger partial charge in [0, 0.05) is 4.47 Å². The molecule has 0 bridgehead atoms. The van der Waals surface area contributed by atoms with Crippen molar-refractivity contribution < 1.29 is 13.9 Å². The van der Waals surface area contributed by atoms with Gasteiger partial charge in [0.25, 0.3) is 0 Å². The molecule has 100 valence electrons. The van der Waals surface area contributed by atoms with Crippen LogP contribution < -0.4 is 4.74 Å². The van der Waals surface area contributed by atoms with E-state index in [2.05, 4.69) is 15.9 Å². The lowest BCUT2D eigenvalue weighted by molar-refractivity contribution is 0.0169. The van der Waals surface area contributed by atoms with Gasteiger partial charge in [-0.15, -0.1) is 0 Å². The highest BCUT2D eigenvalue weighted by Gasteiger charge is 1.96. The van der Waals surface area contributed by atoms with Crippen molar-refractivity contribution in [3.63, 3.8) is 0 Å². The molecule has 0 saturated carbocycles. The number of halogens is 2. The first kappa shape index (κ1) is 14.0. The van der Waals surface area contributed by atoms with E-state index < -0.39 is 0 Å². The van der Waals surface area contributed by atoms with Gasteiger partial charge in [-0.1, -0.05) is 34.1 Å². The molecule has 0 fully saturated rings. The third kappa shape index (κ3) is 5.01. The number of rotatable bonds is 6. The van der Waals surface area contributed by atoms with E-state index in [4.69, 9.17) is 9.47 Å². The molecule has 0 aromatic heterocycles. The van der Waals surface area contributed by atoms with Crippen molar-refractivity contribution in [3.05, 3.63) is 64.4 Å². The van der Waals surface area contributed by atoms with E-state index in [0.29, 0.717) is 6.61 Å². The summed E-state index contributed by atoms with van der Waals surface area (Å²) in [4.78, 5) is 0. The molecular formula is C15H14BrFO2. The van der Waals surface area contributed by atoms with Crippen LogP contribution in [0.1, 0.15) is 5.56 Å². The van der Waals surface area contributed by atoms with Gasteiger partial charge in [0.15, 0.2) is 6.79 Å². The summed E-state index contributed by atoms with van der Waals surface area (Å²) in [6, 6.07) is 14.0. The van der Waals surface area contributed by atoms with E-state index >= 15 is 0 Å². The summed E-state index contributed by atoms with van der Waals surface area (Å²) in [5.74, 6) is 0.541. The maximum atomic E-state index is 12.7. The molecule has 2 rings (SSSR count). The van der Waals surface area contributed by atoms with Gasteiger partial charge in [0.2, 0.25) is 0 Å². The number of hydrogen-bond acceptors (Lipinski definition) is 2. The Kier molecular flexibility index (Phi) is 5.36. The lowest BCUT2D eigenvalue weighted by atomic mass is 10.2. The summed E-state index contributed by atoms with van der Waals surface area (Å²) >= 11 is 3.37. The van der Waals surface area contributed by atoms with Crippen molar-refractivity contribution >= 4 is 15.9 Å². The monoisotopic (exact) mass is 324 g/mol. The molecule has 0 spiro atoms. The summed E-state index contributed by atoms with van der Waals surface area (Å²) in [7, 11) is 0. The van der Waals surface area contributed by atoms with Crippen molar-refractivity contribution in [2.45, 2.75) is 6.42 Å². The van der Waals surface area contributed by atoms with E-state index in [1.165, 1.54) is 12.1 Å². The molecule has 0 aliphatic heterocycles. The topological polar surface area (TPSA) is 18.5 Å². The number of hydrogen-bond donors (Lipinski definition) is 0. The summed E-state index contributed by atoms with van der Waals surface area (Å²) in [6.07, 6.45) is 0.738. The molecule has 0 unspecified atom stereocenters. The Balaban J connectivity index is 1.66. The zero-order valence-corrected chi connectivity index (χ0v) is 11.9. The lowest BCUT2D eigenvalue weighted by Crippen LogP contribution is -2.06.